The minimum absolute atomic E-state index is 0.151. The van der Waals surface area contributed by atoms with Gasteiger partial charge in [-0.3, -0.25) is 4.79 Å². The van der Waals surface area contributed by atoms with Crippen LogP contribution in [0.15, 0.2) is 34.8 Å². The Morgan fingerprint density at radius 3 is 2.52 bits per heavy atom. The van der Waals surface area contributed by atoms with Crippen molar-refractivity contribution in [3.63, 3.8) is 0 Å². The Morgan fingerprint density at radius 2 is 1.91 bits per heavy atom. The molecular weight excluding hydrogens is 378 g/mol. The number of nitrogens with one attached hydrogen (secondary N) is 1. The first-order valence-electron chi connectivity index (χ1n) is 7.37. The Labute approximate surface area is 148 Å². The number of halogens is 1. The number of rotatable bonds is 6. The van der Waals surface area contributed by atoms with Gasteiger partial charge in [0.25, 0.3) is 0 Å². The zero-order chi connectivity index (χ0) is 16.8. The smallest absolute Gasteiger partial charge is 0.341 e. The Balaban J connectivity index is 2.11. The van der Waals surface area contributed by atoms with Gasteiger partial charge < -0.3 is 10.1 Å². The van der Waals surface area contributed by atoms with E-state index >= 15 is 0 Å². The first-order chi connectivity index (χ1) is 11.0. The van der Waals surface area contributed by atoms with Crippen LogP contribution in [0.4, 0.5) is 5.00 Å². The molecule has 0 radical (unpaired) electrons. The first-order valence-corrected chi connectivity index (χ1v) is 8.98. The van der Waals surface area contributed by atoms with Gasteiger partial charge in [0.1, 0.15) is 5.00 Å². The summed E-state index contributed by atoms with van der Waals surface area (Å²) in [5.74, 6) is -0.551. The van der Waals surface area contributed by atoms with Crippen molar-refractivity contribution in [1.82, 2.24) is 0 Å². The summed E-state index contributed by atoms with van der Waals surface area (Å²) in [5.41, 5.74) is 1.34. The van der Waals surface area contributed by atoms with Crippen LogP contribution in [-0.2, 0) is 22.4 Å². The number of ether oxygens (including phenoxy) is 1. The molecule has 1 aromatic carbocycles. The predicted molar refractivity (Wildman–Crippen MR) is 96.1 cm³/mol. The van der Waals surface area contributed by atoms with Crippen LogP contribution >= 0.6 is 27.3 Å². The van der Waals surface area contributed by atoms with Gasteiger partial charge in [-0.2, -0.15) is 0 Å². The van der Waals surface area contributed by atoms with Crippen molar-refractivity contribution >= 4 is 44.1 Å². The molecule has 2 aromatic rings. The largest absolute Gasteiger partial charge is 0.462 e. The maximum atomic E-state index is 12.2. The van der Waals surface area contributed by atoms with E-state index in [0.29, 0.717) is 17.2 Å². The molecule has 0 atom stereocenters. The van der Waals surface area contributed by atoms with Crippen molar-refractivity contribution in [2.75, 3.05) is 11.9 Å². The molecule has 4 nitrogen and oxygen atoms in total. The van der Waals surface area contributed by atoms with Gasteiger partial charge >= 0.3 is 5.97 Å². The third kappa shape index (κ3) is 4.91. The third-order valence-electron chi connectivity index (χ3n) is 3.16. The lowest BCUT2D eigenvalue weighted by molar-refractivity contribution is -0.115. The number of thiophene rings is 1. The number of hydrogen-bond donors (Lipinski definition) is 1. The number of anilines is 1. The molecule has 0 aliphatic rings. The number of benzene rings is 1. The van der Waals surface area contributed by atoms with Crippen LogP contribution in [0.3, 0.4) is 0 Å². The SMILES string of the molecule is CCOC(=O)c1cc(CC)sc1NC(=O)Cc1ccc(Br)cc1. The molecule has 1 N–H and O–H groups in total. The van der Waals surface area contributed by atoms with Crippen LogP contribution in [-0.4, -0.2) is 18.5 Å². The van der Waals surface area contributed by atoms with Crippen molar-refractivity contribution < 1.29 is 14.3 Å². The topological polar surface area (TPSA) is 55.4 Å². The van der Waals surface area contributed by atoms with Gasteiger partial charge in [0, 0.05) is 9.35 Å². The van der Waals surface area contributed by atoms with Crippen molar-refractivity contribution in [2.45, 2.75) is 26.7 Å². The predicted octanol–water partition coefficient (Wildman–Crippen LogP) is 4.43. The molecule has 0 aliphatic heterocycles. The molecule has 122 valence electrons. The van der Waals surface area contributed by atoms with E-state index in [4.69, 9.17) is 4.74 Å². The van der Waals surface area contributed by atoms with Crippen LogP contribution in [0, 0.1) is 0 Å². The quantitative estimate of drug-likeness (QED) is 0.735. The lowest BCUT2D eigenvalue weighted by Crippen LogP contribution is -2.16. The number of aryl methyl sites for hydroxylation is 1. The Hall–Kier alpha value is -1.66. The van der Waals surface area contributed by atoms with Crippen molar-refractivity contribution in [3.8, 4) is 0 Å². The van der Waals surface area contributed by atoms with E-state index in [0.717, 1.165) is 21.3 Å². The first kappa shape index (κ1) is 17.7. The highest BCUT2D eigenvalue weighted by Gasteiger charge is 2.18. The molecule has 1 aromatic heterocycles. The molecule has 0 saturated carbocycles. The lowest BCUT2D eigenvalue weighted by atomic mass is 10.1. The molecule has 1 amide bonds. The van der Waals surface area contributed by atoms with E-state index in [1.165, 1.54) is 11.3 Å². The normalized spacial score (nSPS) is 10.4. The Kier molecular flexibility index (Phi) is 6.36. The average molecular weight is 396 g/mol. The maximum absolute atomic E-state index is 12.2. The van der Waals surface area contributed by atoms with Crippen LogP contribution in [0.25, 0.3) is 0 Å². The molecule has 0 fully saturated rings. The summed E-state index contributed by atoms with van der Waals surface area (Å²) in [6, 6.07) is 9.36. The maximum Gasteiger partial charge on any atom is 0.341 e. The van der Waals surface area contributed by atoms with E-state index in [2.05, 4.69) is 21.2 Å². The summed E-state index contributed by atoms with van der Waals surface area (Å²) in [7, 11) is 0. The summed E-state index contributed by atoms with van der Waals surface area (Å²) in [6.45, 7) is 4.08. The van der Waals surface area contributed by atoms with Gasteiger partial charge in [-0.25, -0.2) is 4.79 Å². The summed E-state index contributed by atoms with van der Waals surface area (Å²) in [6.07, 6.45) is 1.06. The van der Waals surface area contributed by atoms with Crippen molar-refractivity contribution in [3.05, 3.63) is 50.8 Å². The van der Waals surface area contributed by atoms with E-state index in [1.807, 2.05) is 31.2 Å². The van der Waals surface area contributed by atoms with E-state index in [-0.39, 0.29) is 12.3 Å². The molecule has 2 rings (SSSR count). The molecule has 23 heavy (non-hydrogen) atoms. The second kappa shape index (κ2) is 8.26. The van der Waals surface area contributed by atoms with Crippen LogP contribution in [0.1, 0.15) is 34.6 Å². The van der Waals surface area contributed by atoms with Crippen LogP contribution in [0.5, 0.6) is 0 Å². The van der Waals surface area contributed by atoms with E-state index in [1.54, 1.807) is 13.0 Å². The minimum Gasteiger partial charge on any atom is -0.462 e. The van der Waals surface area contributed by atoms with Gasteiger partial charge in [0.15, 0.2) is 0 Å². The monoisotopic (exact) mass is 395 g/mol. The number of carbonyl (C=O) groups is 2. The highest BCUT2D eigenvalue weighted by molar-refractivity contribution is 9.10. The van der Waals surface area contributed by atoms with E-state index < -0.39 is 5.97 Å². The van der Waals surface area contributed by atoms with Gasteiger partial charge in [-0.1, -0.05) is 35.0 Å². The van der Waals surface area contributed by atoms with Crippen molar-refractivity contribution in [2.24, 2.45) is 0 Å². The van der Waals surface area contributed by atoms with Crippen molar-refractivity contribution in [1.29, 1.82) is 0 Å². The molecule has 1 heterocycles. The molecule has 0 spiro atoms. The zero-order valence-corrected chi connectivity index (χ0v) is 15.4. The molecule has 6 heteroatoms. The lowest BCUT2D eigenvalue weighted by Gasteiger charge is -2.06. The highest BCUT2D eigenvalue weighted by atomic mass is 79.9. The van der Waals surface area contributed by atoms with Gasteiger partial charge in [-0.15, -0.1) is 11.3 Å². The number of hydrogen-bond acceptors (Lipinski definition) is 4. The van der Waals surface area contributed by atoms with Gasteiger partial charge in [-0.05, 0) is 37.1 Å². The second-order valence-electron chi connectivity index (χ2n) is 4.88. The molecule has 0 aliphatic carbocycles. The number of esters is 1. The standard InChI is InChI=1S/C17H18BrNO3S/c1-3-13-10-14(17(21)22-4-2)16(23-13)19-15(20)9-11-5-7-12(18)8-6-11/h5-8,10H,3-4,9H2,1-2H3,(H,19,20). The average Bonchev–Trinajstić information content (AvgIpc) is 2.93. The Morgan fingerprint density at radius 1 is 1.22 bits per heavy atom. The second-order valence-corrected chi connectivity index (χ2v) is 6.93. The summed E-state index contributed by atoms with van der Waals surface area (Å²) in [5, 5.41) is 3.39. The summed E-state index contributed by atoms with van der Waals surface area (Å²) < 4.78 is 6.02. The summed E-state index contributed by atoms with van der Waals surface area (Å²) >= 11 is 4.78. The number of amides is 1. The van der Waals surface area contributed by atoms with Gasteiger partial charge in [0.05, 0.1) is 18.6 Å². The summed E-state index contributed by atoms with van der Waals surface area (Å²) in [4.78, 5) is 25.3. The fourth-order valence-corrected chi connectivity index (χ4v) is 3.29. The Bertz CT molecular complexity index is 694. The fraction of sp³-hybridized carbons (Fsp3) is 0.294. The molecule has 0 unspecified atom stereocenters. The molecule has 0 saturated heterocycles. The van der Waals surface area contributed by atoms with E-state index in [9.17, 15) is 9.59 Å². The highest BCUT2D eigenvalue weighted by Crippen LogP contribution is 2.29. The van der Waals surface area contributed by atoms with Crippen LogP contribution < -0.4 is 5.32 Å². The molecule has 0 bridgehead atoms. The van der Waals surface area contributed by atoms with Gasteiger partial charge in [0.2, 0.25) is 5.91 Å². The third-order valence-corrected chi connectivity index (χ3v) is 4.88. The fourth-order valence-electron chi connectivity index (χ4n) is 2.03. The zero-order valence-electron chi connectivity index (χ0n) is 13.0. The molecular formula is C17H18BrNO3S. The van der Waals surface area contributed by atoms with Crippen LogP contribution in [0.2, 0.25) is 0 Å². The number of carbonyl (C=O) groups excluding carboxylic acids is 2. The minimum atomic E-state index is -0.401.